The van der Waals surface area contributed by atoms with Crippen LogP contribution in [0.4, 0.5) is 0 Å². The fraction of sp³-hybridized carbons (Fsp3) is 0.600. The molecule has 196 valence electrons. The largest absolute Gasteiger partial charge is 0.481 e. The zero-order valence-corrected chi connectivity index (χ0v) is 23.4. The van der Waals surface area contributed by atoms with Crippen LogP contribution in [0.15, 0.2) is 59.3 Å². The second kappa shape index (κ2) is 15.9. The lowest BCUT2D eigenvalue weighted by Crippen LogP contribution is -2.07. The molecular weight excluding hydrogens is 474 g/mol. The van der Waals surface area contributed by atoms with Crippen molar-refractivity contribution in [2.45, 2.75) is 86.5 Å². The third kappa shape index (κ3) is 20.3. The summed E-state index contributed by atoms with van der Waals surface area (Å²) < 4.78 is 30.3. The number of phosphoric acid groups is 2. The molecule has 0 aromatic heterocycles. The SMILES string of the molecule is C=C(C/C=C(\C)CCC=C(C)C)CCC(C)(C)/C=C/CC/C(C)=C\COP(=O)(O)OP(=O)(O)O. The Morgan fingerprint density at radius 1 is 0.912 bits per heavy atom. The molecule has 0 spiro atoms. The second-order valence-electron chi connectivity index (χ2n) is 9.64. The first-order valence-corrected chi connectivity index (χ1v) is 14.6. The molecule has 9 heteroatoms. The molecule has 0 saturated heterocycles. The van der Waals surface area contributed by atoms with Gasteiger partial charge in [0, 0.05) is 0 Å². The molecule has 1 atom stereocenters. The molecule has 0 aromatic carbocycles. The van der Waals surface area contributed by atoms with Gasteiger partial charge in [-0.15, -0.1) is 0 Å². The second-order valence-corrected chi connectivity index (χ2v) is 12.5. The van der Waals surface area contributed by atoms with E-state index in [0.717, 1.165) is 50.5 Å². The minimum atomic E-state index is -5.10. The molecule has 0 bridgehead atoms. The number of rotatable bonds is 17. The molecule has 0 fully saturated rings. The molecule has 0 aromatic rings. The summed E-state index contributed by atoms with van der Waals surface area (Å²) >= 11 is 0. The minimum Gasteiger partial charge on any atom is -0.302 e. The molecule has 0 saturated carbocycles. The van der Waals surface area contributed by atoms with Crippen LogP contribution in [0.5, 0.6) is 0 Å². The van der Waals surface area contributed by atoms with E-state index in [2.05, 4.69) is 74.3 Å². The quantitative estimate of drug-likeness (QED) is 0.132. The lowest BCUT2D eigenvalue weighted by molar-refractivity contribution is 0.191. The first-order chi connectivity index (χ1) is 15.5. The van der Waals surface area contributed by atoms with E-state index in [0.29, 0.717) is 0 Å². The normalized spacial score (nSPS) is 15.4. The molecule has 0 heterocycles. The highest BCUT2D eigenvalue weighted by Gasteiger charge is 2.31. The summed E-state index contributed by atoms with van der Waals surface area (Å²) in [7, 11) is -9.89. The maximum atomic E-state index is 11.4. The van der Waals surface area contributed by atoms with Gasteiger partial charge < -0.3 is 14.7 Å². The molecule has 0 aliphatic carbocycles. The van der Waals surface area contributed by atoms with Gasteiger partial charge in [0.1, 0.15) is 0 Å². The Bertz CT molecular complexity index is 856. The topological polar surface area (TPSA) is 113 Å². The summed E-state index contributed by atoms with van der Waals surface area (Å²) in [6, 6.07) is 0. The van der Waals surface area contributed by atoms with E-state index in [1.54, 1.807) is 6.08 Å². The summed E-state index contributed by atoms with van der Waals surface area (Å²) in [4.78, 5) is 26.4. The van der Waals surface area contributed by atoms with Crippen LogP contribution in [0.25, 0.3) is 0 Å². The van der Waals surface area contributed by atoms with Crippen molar-refractivity contribution in [2.24, 2.45) is 5.41 Å². The van der Waals surface area contributed by atoms with E-state index >= 15 is 0 Å². The molecule has 0 aliphatic heterocycles. The van der Waals surface area contributed by atoms with E-state index in [9.17, 15) is 14.0 Å². The van der Waals surface area contributed by atoms with E-state index in [1.807, 2.05) is 6.92 Å². The maximum absolute atomic E-state index is 11.4. The van der Waals surface area contributed by atoms with Crippen LogP contribution in [0.2, 0.25) is 0 Å². The van der Waals surface area contributed by atoms with Crippen molar-refractivity contribution in [3.05, 3.63) is 59.3 Å². The van der Waals surface area contributed by atoms with Crippen LogP contribution in [0.1, 0.15) is 86.5 Å². The average Bonchev–Trinajstić information content (AvgIpc) is 2.66. The highest BCUT2D eigenvalue weighted by molar-refractivity contribution is 7.60. The van der Waals surface area contributed by atoms with Gasteiger partial charge in [-0.25, -0.2) is 9.13 Å². The molecule has 0 rings (SSSR count). The Morgan fingerprint density at radius 3 is 2.09 bits per heavy atom. The Labute approximate surface area is 206 Å². The molecular formula is C25H44O7P2. The van der Waals surface area contributed by atoms with E-state index < -0.39 is 15.6 Å². The van der Waals surface area contributed by atoms with Crippen molar-refractivity contribution in [3.63, 3.8) is 0 Å². The van der Waals surface area contributed by atoms with Gasteiger partial charge in [0.15, 0.2) is 0 Å². The van der Waals surface area contributed by atoms with Crippen LogP contribution < -0.4 is 0 Å². The Hall–Kier alpha value is -1.04. The van der Waals surface area contributed by atoms with Crippen molar-refractivity contribution >= 4 is 15.6 Å². The predicted octanol–water partition coefficient (Wildman–Crippen LogP) is 7.94. The van der Waals surface area contributed by atoms with Crippen LogP contribution in [-0.2, 0) is 18.0 Å². The van der Waals surface area contributed by atoms with Crippen LogP contribution in [-0.4, -0.2) is 21.3 Å². The average molecular weight is 519 g/mol. The van der Waals surface area contributed by atoms with E-state index in [4.69, 9.17) is 9.79 Å². The van der Waals surface area contributed by atoms with Gasteiger partial charge in [0.25, 0.3) is 0 Å². The summed E-state index contributed by atoms with van der Waals surface area (Å²) in [6.07, 6.45) is 17.1. The molecule has 0 aliphatic rings. The highest BCUT2D eigenvalue weighted by Crippen LogP contribution is 2.57. The number of hydrogen-bond acceptors (Lipinski definition) is 4. The first kappa shape index (κ1) is 33.0. The van der Waals surface area contributed by atoms with Crippen molar-refractivity contribution in [3.8, 4) is 0 Å². The van der Waals surface area contributed by atoms with Gasteiger partial charge in [-0.1, -0.05) is 73.1 Å². The zero-order chi connectivity index (χ0) is 26.4. The lowest BCUT2D eigenvalue weighted by atomic mass is 9.85. The number of phosphoric ester groups is 1. The molecule has 0 amide bonds. The first-order valence-electron chi connectivity index (χ1n) is 11.5. The van der Waals surface area contributed by atoms with Crippen LogP contribution >= 0.6 is 15.6 Å². The molecule has 3 N–H and O–H groups in total. The molecule has 34 heavy (non-hydrogen) atoms. The summed E-state index contributed by atoms with van der Waals surface area (Å²) in [5.74, 6) is 0. The zero-order valence-electron chi connectivity index (χ0n) is 21.6. The molecule has 0 radical (unpaired) electrons. The van der Waals surface area contributed by atoms with Gasteiger partial charge in [0.2, 0.25) is 0 Å². The van der Waals surface area contributed by atoms with Gasteiger partial charge in [-0.2, -0.15) is 4.31 Å². The predicted molar refractivity (Wildman–Crippen MR) is 140 cm³/mol. The summed E-state index contributed by atoms with van der Waals surface area (Å²) in [6.45, 7) is 16.6. The maximum Gasteiger partial charge on any atom is 0.481 e. The van der Waals surface area contributed by atoms with E-state index in [1.165, 1.54) is 16.7 Å². The summed E-state index contributed by atoms with van der Waals surface area (Å²) in [5.41, 5.74) is 4.99. The highest BCUT2D eigenvalue weighted by atomic mass is 31.3. The minimum absolute atomic E-state index is 0.0509. The van der Waals surface area contributed by atoms with E-state index in [-0.39, 0.29) is 12.0 Å². The van der Waals surface area contributed by atoms with Crippen LogP contribution in [0.3, 0.4) is 0 Å². The number of hydrogen-bond donors (Lipinski definition) is 3. The fourth-order valence-corrected chi connectivity index (χ4v) is 4.47. The number of allylic oxidation sites excluding steroid dienone is 8. The molecule has 7 nitrogen and oxygen atoms in total. The summed E-state index contributed by atoms with van der Waals surface area (Å²) in [5, 5.41) is 0. The van der Waals surface area contributed by atoms with Gasteiger partial charge >= 0.3 is 15.6 Å². The van der Waals surface area contributed by atoms with Gasteiger partial charge in [-0.05, 0) is 78.1 Å². The van der Waals surface area contributed by atoms with Crippen molar-refractivity contribution in [1.82, 2.24) is 0 Å². The van der Waals surface area contributed by atoms with Crippen molar-refractivity contribution in [1.29, 1.82) is 0 Å². The third-order valence-corrected chi connectivity index (χ3v) is 7.26. The van der Waals surface area contributed by atoms with Gasteiger partial charge in [-0.3, -0.25) is 4.52 Å². The monoisotopic (exact) mass is 518 g/mol. The van der Waals surface area contributed by atoms with Crippen molar-refractivity contribution in [2.75, 3.05) is 6.61 Å². The van der Waals surface area contributed by atoms with Gasteiger partial charge in [0.05, 0.1) is 6.61 Å². The smallest absolute Gasteiger partial charge is 0.302 e. The van der Waals surface area contributed by atoms with Crippen molar-refractivity contribution < 1.29 is 32.6 Å². The standard InChI is InChI=1S/C25H44O7P2/c1-21(2)11-10-13-22(3)14-15-24(5)16-19-25(6,7)18-9-8-12-23(4)17-20-31-34(29,30)32-33(26,27)28/h9,11,14,17-18H,5,8,10,12-13,15-16,19-20H2,1-4,6-7H3,(H,29,30)(H2,26,27,28)/b18-9+,22-14+,23-17-. The third-order valence-electron chi connectivity index (χ3n) is 5.11. The lowest BCUT2D eigenvalue weighted by Gasteiger charge is -2.20. The molecule has 1 unspecified atom stereocenters. The fourth-order valence-electron chi connectivity index (χ4n) is 2.94. The van der Waals surface area contributed by atoms with Crippen LogP contribution in [0, 0.1) is 5.41 Å². The Balaban J connectivity index is 4.34. The Kier molecular flexibility index (Phi) is 15.4. The Morgan fingerprint density at radius 2 is 1.50 bits per heavy atom.